The van der Waals surface area contributed by atoms with Crippen molar-refractivity contribution in [2.24, 2.45) is 4.99 Å². The number of nitrogens with zero attached hydrogens (tertiary/aromatic N) is 4. The summed E-state index contributed by atoms with van der Waals surface area (Å²) in [6, 6.07) is 11.0. The quantitative estimate of drug-likeness (QED) is 0.226. The van der Waals surface area contributed by atoms with Crippen LogP contribution in [0.25, 0.3) is 5.65 Å². The van der Waals surface area contributed by atoms with Gasteiger partial charge in [0.05, 0.1) is 5.56 Å². The van der Waals surface area contributed by atoms with E-state index in [9.17, 15) is 13.2 Å². The molecule has 3 aromatic rings. The first-order valence-electron chi connectivity index (χ1n) is 8.86. The molecule has 0 aliphatic heterocycles. The number of aliphatic imine (C=N–C) groups is 1. The smallest absolute Gasteiger partial charge is 0.356 e. The van der Waals surface area contributed by atoms with Crippen LogP contribution in [0, 0.1) is 0 Å². The third-order valence-electron chi connectivity index (χ3n) is 4.19. The minimum absolute atomic E-state index is 0. The maximum absolute atomic E-state index is 12.8. The van der Waals surface area contributed by atoms with Gasteiger partial charge < -0.3 is 10.6 Å². The van der Waals surface area contributed by atoms with Crippen molar-refractivity contribution in [2.75, 3.05) is 13.6 Å². The number of pyridine rings is 1. The van der Waals surface area contributed by atoms with Crippen molar-refractivity contribution in [1.82, 2.24) is 25.2 Å². The van der Waals surface area contributed by atoms with Gasteiger partial charge in [0.1, 0.15) is 5.82 Å². The Morgan fingerprint density at radius 3 is 2.69 bits per heavy atom. The second-order valence-corrected chi connectivity index (χ2v) is 6.20. The first-order chi connectivity index (χ1) is 13.5. The number of benzene rings is 1. The van der Waals surface area contributed by atoms with Crippen LogP contribution >= 0.6 is 24.0 Å². The van der Waals surface area contributed by atoms with Gasteiger partial charge in [-0.15, -0.1) is 34.2 Å². The van der Waals surface area contributed by atoms with Crippen LogP contribution in [-0.4, -0.2) is 34.2 Å². The highest BCUT2D eigenvalue weighted by atomic mass is 127. The van der Waals surface area contributed by atoms with E-state index in [1.54, 1.807) is 13.1 Å². The number of hydrogen-bond acceptors (Lipinski definition) is 3. The number of alkyl halides is 3. The van der Waals surface area contributed by atoms with Crippen molar-refractivity contribution in [1.29, 1.82) is 0 Å². The summed E-state index contributed by atoms with van der Waals surface area (Å²) in [4.78, 5) is 4.10. The maximum atomic E-state index is 12.8. The summed E-state index contributed by atoms with van der Waals surface area (Å²) < 4.78 is 40.3. The number of aryl methyl sites for hydroxylation is 1. The van der Waals surface area contributed by atoms with Gasteiger partial charge in [0.15, 0.2) is 11.6 Å². The fraction of sp³-hybridized carbons (Fsp3) is 0.316. The molecular formula is C19H22F3IN6. The normalized spacial score (nSPS) is 11.9. The standard InChI is InChI=1S/C19H21F3N6.HI/c1-23-18(25-13-14-6-4-7-15(12-14)19(20,21)22)24-10-5-9-17-27-26-16-8-2-3-11-28(16)17;/h2-4,6-8,11-12H,5,9-10,13H2,1H3,(H2,23,24,25);1H. The minimum atomic E-state index is -4.35. The van der Waals surface area contributed by atoms with Crippen LogP contribution in [0.3, 0.4) is 0 Å². The van der Waals surface area contributed by atoms with Crippen molar-refractivity contribution in [3.05, 3.63) is 65.6 Å². The maximum Gasteiger partial charge on any atom is 0.416 e. The van der Waals surface area contributed by atoms with Gasteiger partial charge in [-0.2, -0.15) is 13.2 Å². The lowest BCUT2D eigenvalue weighted by molar-refractivity contribution is -0.137. The molecule has 2 aromatic heterocycles. The Hall–Kier alpha value is -2.37. The molecule has 10 heteroatoms. The monoisotopic (exact) mass is 518 g/mol. The zero-order chi connectivity index (χ0) is 20.0. The van der Waals surface area contributed by atoms with Gasteiger partial charge in [-0.3, -0.25) is 9.39 Å². The summed E-state index contributed by atoms with van der Waals surface area (Å²) in [6.45, 7) is 0.891. The molecule has 0 aliphatic carbocycles. The van der Waals surface area contributed by atoms with E-state index < -0.39 is 11.7 Å². The molecule has 3 rings (SSSR count). The molecule has 0 spiro atoms. The Morgan fingerprint density at radius 1 is 1.10 bits per heavy atom. The molecule has 0 amide bonds. The molecule has 29 heavy (non-hydrogen) atoms. The second-order valence-electron chi connectivity index (χ2n) is 6.20. The Balaban J connectivity index is 0.00000300. The van der Waals surface area contributed by atoms with E-state index >= 15 is 0 Å². The minimum Gasteiger partial charge on any atom is -0.356 e. The molecule has 0 radical (unpaired) electrons. The summed E-state index contributed by atoms with van der Waals surface area (Å²) in [5, 5.41) is 14.5. The lowest BCUT2D eigenvalue weighted by Crippen LogP contribution is -2.37. The van der Waals surface area contributed by atoms with E-state index in [0.29, 0.717) is 18.1 Å². The second kappa shape index (κ2) is 10.4. The first kappa shape index (κ1) is 22.9. The van der Waals surface area contributed by atoms with Gasteiger partial charge in [-0.05, 0) is 36.2 Å². The largest absolute Gasteiger partial charge is 0.416 e. The predicted molar refractivity (Wildman–Crippen MR) is 116 cm³/mol. The topological polar surface area (TPSA) is 66.6 Å². The van der Waals surface area contributed by atoms with E-state index in [4.69, 9.17) is 0 Å². The van der Waals surface area contributed by atoms with Crippen molar-refractivity contribution in [2.45, 2.75) is 25.6 Å². The molecule has 0 bridgehead atoms. The first-order valence-corrected chi connectivity index (χ1v) is 8.86. The van der Waals surface area contributed by atoms with E-state index in [1.807, 2.05) is 28.8 Å². The average molecular weight is 518 g/mol. The Bertz CT molecular complexity index is 954. The van der Waals surface area contributed by atoms with Gasteiger partial charge in [-0.25, -0.2) is 0 Å². The fourth-order valence-electron chi connectivity index (χ4n) is 2.78. The van der Waals surface area contributed by atoms with Crippen molar-refractivity contribution >= 4 is 35.6 Å². The van der Waals surface area contributed by atoms with E-state index in [-0.39, 0.29) is 30.5 Å². The SMILES string of the molecule is CN=C(NCCCc1nnc2ccccn12)NCc1cccc(C(F)(F)F)c1.I. The molecule has 1 aromatic carbocycles. The van der Waals surface area contributed by atoms with Crippen molar-refractivity contribution in [3.8, 4) is 0 Å². The highest BCUT2D eigenvalue weighted by Gasteiger charge is 2.30. The van der Waals surface area contributed by atoms with Gasteiger partial charge in [0, 0.05) is 32.8 Å². The van der Waals surface area contributed by atoms with E-state index in [2.05, 4.69) is 25.8 Å². The summed E-state index contributed by atoms with van der Waals surface area (Å²) in [5.41, 5.74) is 0.687. The molecule has 0 saturated carbocycles. The molecule has 0 aliphatic rings. The van der Waals surface area contributed by atoms with E-state index in [0.717, 1.165) is 36.4 Å². The Labute approximate surface area is 183 Å². The number of guanidine groups is 1. The van der Waals surface area contributed by atoms with Crippen LogP contribution in [0.1, 0.15) is 23.4 Å². The molecule has 2 heterocycles. The molecule has 156 valence electrons. The van der Waals surface area contributed by atoms with E-state index in [1.165, 1.54) is 6.07 Å². The third kappa shape index (κ3) is 6.31. The van der Waals surface area contributed by atoms with Crippen LogP contribution < -0.4 is 10.6 Å². The van der Waals surface area contributed by atoms with Gasteiger partial charge in [0.2, 0.25) is 0 Å². The molecule has 0 atom stereocenters. The van der Waals surface area contributed by atoms with Crippen molar-refractivity contribution in [3.63, 3.8) is 0 Å². The third-order valence-corrected chi connectivity index (χ3v) is 4.19. The van der Waals surface area contributed by atoms with Gasteiger partial charge in [0.25, 0.3) is 0 Å². The molecule has 2 N–H and O–H groups in total. The summed E-state index contributed by atoms with van der Waals surface area (Å²) >= 11 is 0. The lowest BCUT2D eigenvalue weighted by Gasteiger charge is -2.13. The number of aromatic nitrogens is 3. The summed E-state index contributed by atoms with van der Waals surface area (Å²) in [7, 11) is 1.62. The Morgan fingerprint density at radius 2 is 1.93 bits per heavy atom. The van der Waals surface area contributed by atoms with Gasteiger partial charge in [-0.1, -0.05) is 18.2 Å². The number of fused-ring (bicyclic) bond motifs is 1. The fourth-order valence-corrected chi connectivity index (χ4v) is 2.78. The Kier molecular flexibility index (Phi) is 8.23. The molecule has 0 fully saturated rings. The van der Waals surface area contributed by atoms with Crippen LogP contribution in [0.5, 0.6) is 0 Å². The number of halogens is 4. The highest BCUT2D eigenvalue weighted by molar-refractivity contribution is 14.0. The van der Waals surface area contributed by atoms with Crippen LogP contribution in [0.15, 0.2) is 53.7 Å². The number of nitrogens with one attached hydrogen (secondary N) is 2. The zero-order valence-electron chi connectivity index (χ0n) is 15.8. The lowest BCUT2D eigenvalue weighted by atomic mass is 10.1. The molecule has 0 saturated heterocycles. The zero-order valence-corrected chi connectivity index (χ0v) is 18.1. The predicted octanol–water partition coefficient (Wildman–Crippen LogP) is 3.66. The summed E-state index contributed by atoms with van der Waals surface area (Å²) in [5.74, 6) is 1.41. The average Bonchev–Trinajstić information content (AvgIpc) is 3.10. The number of hydrogen-bond donors (Lipinski definition) is 2. The highest BCUT2D eigenvalue weighted by Crippen LogP contribution is 2.29. The van der Waals surface area contributed by atoms with Gasteiger partial charge >= 0.3 is 6.18 Å². The van der Waals surface area contributed by atoms with Crippen LogP contribution in [0.2, 0.25) is 0 Å². The summed E-state index contributed by atoms with van der Waals surface area (Å²) in [6.07, 6.45) is -0.877. The molecule has 0 unspecified atom stereocenters. The van der Waals surface area contributed by atoms with Crippen molar-refractivity contribution < 1.29 is 13.2 Å². The van der Waals surface area contributed by atoms with Crippen LogP contribution in [0.4, 0.5) is 13.2 Å². The molecular weight excluding hydrogens is 496 g/mol. The molecule has 6 nitrogen and oxygen atoms in total. The number of rotatable bonds is 6. The van der Waals surface area contributed by atoms with Crippen LogP contribution in [-0.2, 0) is 19.1 Å².